The van der Waals surface area contributed by atoms with Gasteiger partial charge in [-0.25, -0.2) is 0 Å². The lowest BCUT2D eigenvalue weighted by molar-refractivity contribution is -0.124. The van der Waals surface area contributed by atoms with Crippen molar-refractivity contribution >= 4 is 18.5 Å². The maximum Gasteiger partial charge on any atom is 0.257 e. The first-order valence-electron chi connectivity index (χ1n) is 10.5. The standard InChI is InChI=1S/C23H41NO2S/c1-5-7-9-10-11-12-13-14-15-16-18-21(17-8-6-2)26-19-22(25)24-20-23(3,4)27/h6,8,16-18,27H,5,7,9-15,19-20H2,1-4H3,(H,24,25). The second-order valence-corrected chi connectivity index (χ2v) is 8.85. The predicted molar refractivity (Wildman–Crippen MR) is 121 cm³/mol. The molecule has 0 saturated heterocycles. The highest BCUT2D eigenvalue weighted by Gasteiger charge is 2.13. The molecule has 0 saturated carbocycles. The van der Waals surface area contributed by atoms with Gasteiger partial charge in [-0.15, -0.1) is 0 Å². The Morgan fingerprint density at radius 1 is 1.07 bits per heavy atom. The van der Waals surface area contributed by atoms with Crippen molar-refractivity contribution in [3.8, 4) is 0 Å². The molecule has 0 rings (SSSR count). The summed E-state index contributed by atoms with van der Waals surface area (Å²) in [6.07, 6.45) is 21.5. The van der Waals surface area contributed by atoms with Crippen LogP contribution in [-0.2, 0) is 9.53 Å². The fourth-order valence-corrected chi connectivity index (χ4v) is 2.53. The van der Waals surface area contributed by atoms with Crippen molar-refractivity contribution in [2.75, 3.05) is 13.2 Å². The lowest BCUT2D eigenvalue weighted by atomic mass is 10.1. The molecule has 0 bridgehead atoms. The Bertz CT molecular complexity index is 461. The molecule has 0 heterocycles. The zero-order valence-corrected chi connectivity index (χ0v) is 18.8. The van der Waals surface area contributed by atoms with Crippen LogP contribution in [0.4, 0.5) is 0 Å². The largest absolute Gasteiger partial charge is 0.484 e. The van der Waals surface area contributed by atoms with Crippen LogP contribution >= 0.6 is 12.6 Å². The smallest absolute Gasteiger partial charge is 0.257 e. The number of amides is 1. The second-order valence-electron chi connectivity index (χ2n) is 7.64. The minimum Gasteiger partial charge on any atom is -0.484 e. The average Bonchev–Trinajstić information content (AvgIpc) is 2.62. The third-order valence-corrected chi connectivity index (χ3v) is 4.21. The zero-order valence-electron chi connectivity index (χ0n) is 17.9. The van der Waals surface area contributed by atoms with E-state index >= 15 is 0 Å². The first-order valence-corrected chi connectivity index (χ1v) is 10.9. The lowest BCUT2D eigenvalue weighted by Crippen LogP contribution is -2.36. The predicted octanol–water partition coefficient (Wildman–Crippen LogP) is 6.37. The summed E-state index contributed by atoms with van der Waals surface area (Å²) in [5.41, 5.74) is 0. The number of thiol groups is 1. The maximum atomic E-state index is 11.9. The van der Waals surface area contributed by atoms with Crippen molar-refractivity contribution in [3.63, 3.8) is 0 Å². The highest BCUT2D eigenvalue weighted by molar-refractivity contribution is 7.81. The summed E-state index contributed by atoms with van der Waals surface area (Å²) >= 11 is 4.40. The second kappa shape index (κ2) is 17.0. The van der Waals surface area contributed by atoms with E-state index in [0.717, 1.165) is 6.42 Å². The summed E-state index contributed by atoms with van der Waals surface area (Å²) in [6.45, 7) is 8.67. The highest BCUT2D eigenvalue weighted by Crippen LogP contribution is 2.11. The van der Waals surface area contributed by atoms with Gasteiger partial charge in [-0.2, -0.15) is 12.6 Å². The average molecular weight is 396 g/mol. The van der Waals surface area contributed by atoms with Crippen LogP contribution in [0.2, 0.25) is 0 Å². The molecule has 27 heavy (non-hydrogen) atoms. The summed E-state index contributed by atoms with van der Waals surface area (Å²) in [6, 6.07) is 0. The van der Waals surface area contributed by atoms with Gasteiger partial charge < -0.3 is 10.1 Å². The molecule has 0 aromatic rings. The van der Waals surface area contributed by atoms with Crippen LogP contribution in [0.25, 0.3) is 0 Å². The van der Waals surface area contributed by atoms with E-state index in [1.165, 1.54) is 51.4 Å². The molecule has 0 aliphatic heterocycles. The summed E-state index contributed by atoms with van der Waals surface area (Å²) in [5.74, 6) is 0.591. The molecule has 4 heteroatoms. The van der Waals surface area contributed by atoms with E-state index in [0.29, 0.717) is 12.3 Å². The van der Waals surface area contributed by atoms with Gasteiger partial charge in [0.25, 0.3) is 5.91 Å². The molecule has 3 nitrogen and oxygen atoms in total. The molecule has 156 valence electrons. The monoisotopic (exact) mass is 395 g/mol. The topological polar surface area (TPSA) is 38.3 Å². The Balaban J connectivity index is 4.06. The number of allylic oxidation sites excluding steroid dienone is 5. The minimum absolute atomic E-state index is 0.0232. The normalized spacial score (nSPS) is 12.9. The van der Waals surface area contributed by atoms with Crippen LogP contribution < -0.4 is 5.32 Å². The van der Waals surface area contributed by atoms with Gasteiger partial charge in [-0.3, -0.25) is 4.79 Å². The minimum atomic E-state index is -0.227. The molecule has 0 radical (unpaired) electrons. The molecule has 0 aliphatic carbocycles. The van der Waals surface area contributed by atoms with Gasteiger partial charge >= 0.3 is 0 Å². The van der Waals surface area contributed by atoms with Crippen LogP contribution in [0.15, 0.2) is 36.1 Å². The van der Waals surface area contributed by atoms with Gasteiger partial charge in [0.15, 0.2) is 6.61 Å². The van der Waals surface area contributed by atoms with Crippen LogP contribution in [0, 0.1) is 0 Å². The quantitative estimate of drug-likeness (QED) is 0.138. The molecule has 1 N–H and O–H groups in total. The first kappa shape index (κ1) is 25.8. The summed E-state index contributed by atoms with van der Waals surface area (Å²) in [5, 5.41) is 2.83. The van der Waals surface area contributed by atoms with Crippen LogP contribution in [0.5, 0.6) is 0 Å². The first-order chi connectivity index (χ1) is 12.9. The summed E-state index contributed by atoms with van der Waals surface area (Å²) in [4.78, 5) is 11.9. The van der Waals surface area contributed by atoms with Crippen molar-refractivity contribution in [1.82, 2.24) is 5.32 Å². The molecule has 0 spiro atoms. The van der Waals surface area contributed by atoms with Crippen molar-refractivity contribution < 1.29 is 9.53 Å². The van der Waals surface area contributed by atoms with Crippen LogP contribution in [0.1, 0.15) is 85.5 Å². The molecular weight excluding hydrogens is 354 g/mol. The number of nitrogens with one attached hydrogen (secondary N) is 1. The molecule has 0 aromatic heterocycles. The number of carbonyl (C=O) groups is 1. The number of ether oxygens (including phenoxy) is 1. The lowest BCUT2D eigenvalue weighted by Gasteiger charge is -2.17. The Morgan fingerprint density at radius 2 is 1.70 bits per heavy atom. The molecule has 0 aromatic carbocycles. The Labute approximate surface area is 173 Å². The van der Waals surface area contributed by atoms with E-state index in [2.05, 4.69) is 30.9 Å². The Hall–Kier alpha value is -1.16. The fraction of sp³-hybridized carbons (Fsp3) is 0.696. The van der Waals surface area contributed by atoms with Gasteiger partial charge in [0.2, 0.25) is 0 Å². The van der Waals surface area contributed by atoms with E-state index in [4.69, 9.17) is 4.74 Å². The maximum absolute atomic E-state index is 11.9. The molecular formula is C23H41NO2S. The van der Waals surface area contributed by atoms with Crippen LogP contribution in [-0.4, -0.2) is 23.8 Å². The van der Waals surface area contributed by atoms with E-state index in [9.17, 15) is 4.79 Å². The van der Waals surface area contributed by atoms with E-state index in [1.807, 2.05) is 45.1 Å². The molecule has 0 atom stereocenters. The SMILES string of the molecule is CC=CC=C(C=CCCCCCCCCCC)OCC(=O)NCC(C)(C)S. The van der Waals surface area contributed by atoms with E-state index in [1.54, 1.807) is 0 Å². The molecule has 0 aliphatic rings. The van der Waals surface area contributed by atoms with E-state index < -0.39 is 0 Å². The van der Waals surface area contributed by atoms with Crippen molar-refractivity contribution in [3.05, 3.63) is 36.1 Å². The third kappa shape index (κ3) is 19.4. The third-order valence-electron chi connectivity index (χ3n) is 4.05. The molecule has 0 unspecified atom stereocenters. The van der Waals surface area contributed by atoms with Crippen molar-refractivity contribution in [2.24, 2.45) is 0 Å². The summed E-state index contributed by atoms with van der Waals surface area (Å²) < 4.78 is 5.41. The number of rotatable bonds is 16. The van der Waals surface area contributed by atoms with Crippen molar-refractivity contribution in [1.29, 1.82) is 0 Å². The van der Waals surface area contributed by atoms with Gasteiger partial charge in [0, 0.05) is 11.3 Å². The Kier molecular flexibility index (Phi) is 16.2. The van der Waals surface area contributed by atoms with Gasteiger partial charge in [0.05, 0.1) is 0 Å². The Morgan fingerprint density at radius 3 is 2.30 bits per heavy atom. The fourth-order valence-electron chi connectivity index (χ4n) is 2.45. The number of carbonyl (C=O) groups excluding carboxylic acids is 1. The zero-order chi connectivity index (χ0) is 20.4. The molecule has 0 fully saturated rings. The number of hydrogen-bond donors (Lipinski definition) is 2. The van der Waals surface area contributed by atoms with Crippen molar-refractivity contribution in [2.45, 2.75) is 90.2 Å². The van der Waals surface area contributed by atoms with Gasteiger partial charge in [0.1, 0.15) is 5.76 Å². The highest BCUT2D eigenvalue weighted by atomic mass is 32.1. The van der Waals surface area contributed by atoms with E-state index in [-0.39, 0.29) is 17.3 Å². The van der Waals surface area contributed by atoms with Gasteiger partial charge in [-0.05, 0) is 45.8 Å². The molecule has 1 amide bonds. The number of hydrogen-bond acceptors (Lipinski definition) is 3. The van der Waals surface area contributed by atoms with Gasteiger partial charge in [-0.1, -0.05) is 70.1 Å². The number of unbranched alkanes of at least 4 members (excludes halogenated alkanes) is 8. The summed E-state index contributed by atoms with van der Waals surface area (Å²) in [7, 11) is 0. The van der Waals surface area contributed by atoms with Crippen LogP contribution in [0.3, 0.4) is 0 Å².